The Bertz CT molecular complexity index is 559. The average molecular weight is 296 g/mol. The number of hydrogen-bond acceptors (Lipinski definition) is 6. The van der Waals surface area contributed by atoms with Gasteiger partial charge < -0.3 is 10.2 Å². The van der Waals surface area contributed by atoms with Gasteiger partial charge in [0.25, 0.3) is 11.4 Å². The molecule has 1 aromatic rings. The molecule has 9 nitrogen and oxygen atoms in total. The van der Waals surface area contributed by atoms with E-state index in [1.54, 1.807) is 14.1 Å². The molecule has 1 aromatic carbocycles. The smallest absolute Gasteiger partial charge is 0.280 e. The van der Waals surface area contributed by atoms with Crippen molar-refractivity contribution in [2.24, 2.45) is 0 Å². The number of carbonyl (C=O) groups is 1. The molecule has 0 atom stereocenters. The van der Waals surface area contributed by atoms with Crippen LogP contribution in [0.4, 0.5) is 11.4 Å². The molecule has 0 radical (unpaired) electrons. The first-order valence-electron chi connectivity index (χ1n) is 6.15. The zero-order chi connectivity index (χ0) is 16.0. The van der Waals surface area contributed by atoms with Gasteiger partial charge in [-0.25, -0.2) is 0 Å². The topological polar surface area (TPSA) is 119 Å². The first kappa shape index (κ1) is 16.5. The fourth-order valence-electron chi connectivity index (χ4n) is 1.63. The standard InChI is InChI=1S/C12H16N4O5/c1-14(2)12(17)5-6-13-8-9-3-4-10(15(18)19)7-11(9)16(20)21/h3-4,7,13H,5-6,8H2,1-2H3. The van der Waals surface area contributed by atoms with Crippen molar-refractivity contribution < 1.29 is 14.6 Å². The second-order valence-electron chi connectivity index (χ2n) is 4.54. The molecule has 0 unspecified atom stereocenters. The van der Waals surface area contributed by atoms with Gasteiger partial charge in [-0.1, -0.05) is 0 Å². The van der Waals surface area contributed by atoms with Gasteiger partial charge in [-0.2, -0.15) is 0 Å². The highest BCUT2D eigenvalue weighted by molar-refractivity contribution is 5.75. The molecule has 114 valence electrons. The number of non-ortho nitro benzene ring substituents is 1. The van der Waals surface area contributed by atoms with Crippen LogP contribution >= 0.6 is 0 Å². The molecule has 0 aliphatic rings. The van der Waals surface area contributed by atoms with Crippen molar-refractivity contribution >= 4 is 17.3 Å². The van der Waals surface area contributed by atoms with Crippen molar-refractivity contribution in [3.63, 3.8) is 0 Å². The van der Waals surface area contributed by atoms with Gasteiger partial charge in [0.15, 0.2) is 0 Å². The van der Waals surface area contributed by atoms with Crippen molar-refractivity contribution in [3.8, 4) is 0 Å². The van der Waals surface area contributed by atoms with Crippen LogP contribution in [0.1, 0.15) is 12.0 Å². The Morgan fingerprint density at radius 2 is 1.90 bits per heavy atom. The fourth-order valence-corrected chi connectivity index (χ4v) is 1.63. The van der Waals surface area contributed by atoms with E-state index < -0.39 is 9.85 Å². The molecule has 0 aliphatic carbocycles. The third-order valence-electron chi connectivity index (χ3n) is 2.81. The lowest BCUT2D eigenvalue weighted by Crippen LogP contribution is -2.26. The van der Waals surface area contributed by atoms with Gasteiger partial charge in [0.2, 0.25) is 5.91 Å². The summed E-state index contributed by atoms with van der Waals surface area (Å²) < 4.78 is 0. The Morgan fingerprint density at radius 1 is 1.24 bits per heavy atom. The monoisotopic (exact) mass is 296 g/mol. The van der Waals surface area contributed by atoms with E-state index in [2.05, 4.69) is 5.32 Å². The zero-order valence-electron chi connectivity index (χ0n) is 11.7. The summed E-state index contributed by atoms with van der Waals surface area (Å²) in [6, 6.07) is 3.49. The number of carbonyl (C=O) groups excluding carboxylic acids is 1. The summed E-state index contributed by atoms with van der Waals surface area (Å²) in [4.78, 5) is 33.0. The summed E-state index contributed by atoms with van der Waals surface area (Å²) in [6.07, 6.45) is 0.272. The predicted molar refractivity (Wildman–Crippen MR) is 74.8 cm³/mol. The lowest BCUT2D eigenvalue weighted by molar-refractivity contribution is -0.394. The summed E-state index contributed by atoms with van der Waals surface area (Å²) in [6.45, 7) is 0.528. The van der Waals surface area contributed by atoms with Gasteiger partial charge in [-0.05, 0) is 6.07 Å². The van der Waals surface area contributed by atoms with Crippen LogP contribution in [-0.4, -0.2) is 41.3 Å². The molecule has 0 aromatic heterocycles. The summed E-state index contributed by atoms with van der Waals surface area (Å²) in [7, 11) is 3.28. The molecular formula is C12H16N4O5. The minimum absolute atomic E-state index is 0.0549. The molecule has 0 bridgehead atoms. The van der Waals surface area contributed by atoms with Crippen molar-refractivity contribution in [1.82, 2.24) is 10.2 Å². The molecule has 1 amide bonds. The fraction of sp³-hybridized carbons (Fsp3) is 0.417. The van der Waals surface area contributed by atoms with E-state index in [-0.39, 0.29) is 30.2 Å². The first-order valence-corrected chi connectivity index (χ1v) is 6.15. The molecule has 0 saturated carbocycles. The van der Waals surface area contributed by atoms with E-state index in [9.17, 15) is 25.0 Å². The van der Waals surface area contributed by atoms with Crippen LogP contribution in [0.5, 0.6) is 0 Å². The molecule has 1 rings (SSSR count). The van der Waals surface area contributed by atoms with Crippen LogP contribution in [0, 0.1) is 20.2 Å². The van der Waals surface area contributed by atoms with E-state index >= 15 is 0 Å². The highest BCUT2D eigenvalue weighted by Crippen LogP contribution is 2.24. The highest BCUT2D eigenvalue weighted by atomic mass is 16.6. The summed E-state index contributed by atoms with van der Waals surface area (Å²) in [5, 5.41) is 24.4. The van der Waals surface area contributed by atoms with Crippen LogP contribution < -0.4 is 5.32 Å². The third-order valence-corrected chi connectivity index (χ3v) is 2.81. The SMILES string of the molecule is CN(C)C(=O)CCNCc1ccc([N+](=O)[O-])cc1[N+](=O)[O-]. The number of rotatable bonds is 7. The molecular weight excluding hydrogens is 280 g/mol. The second kappa shape index (κ2) is 7.29. The van der Waals surface area contributed by atoms with Crippen LogP contribution in [0.15, 0.2) is 18.2 Å². The van der Waals surface area contributed by atoms with Crippen LogP contribution in [0.25, 0.3) is 0 Å². The molecule has 0 spiro atoms. The van der Waals surface area contributed by atoms with Gasteiger partial charge >= 0.3 is 0 Å². The van der Waals surface area contributed by atoms with E-state index in [0.717, 1.165) is 6.07 Å². The van der Waals surface area contributed by atoms with Gasteiger partial charge in [0.05, 0.1) is 15.9 Å². The van der Waals surface area contributed by atoms with E-state index in [0.29, 0.717) is 12.1 Å². The predicted octanol–water partition coefficient (Wildman–Crippen LogP) is 1.07. The van der Waals surface area contributed by atoms with Gasteiger partial charge in [0, 0.05) is 45.2 Å². The van der Waals surface area contributed by atoms with Gasteiger partial charge in [-0.15, -0.1) is 0 Å². The number of nitrogens with one attached hydrogen (secondary N) is 1. The van der Waals surface area contributed by atoms with Gasteiger partial charge in [-0.3, -0.25) is 25.0 Å². The van der Waals surface area contributed by atoms with Crippen LogP contribution in [0.3, 0.4) is 0 Å². The Kier molecular flexibility index (Phi) is 5.73. The third kappa shape index (κ3) is 4.80. The lowest BCUT2D eigenvalue weighted by Gasteiger charge is -2.10. The quantitative estimate of drug-likeness (QED) is 0.456. The maximum atomic E-state index is 11.4. The van der Waals surface area contributed by atoms with E-state index in [1.807, 2.05) is 0 Å². The largest absolute Gasteiger partial charge is 0.349 e. The van der Waals surface area contributed by atoms with Crippen molar-refractivity contribution in [1.29, 1.82) is 0 Å². The van der Waals surface area contributed by atoms with E-state index in [4.69, 9.17) is 0 Å². The van der Waals surface area contributed by atoms with Crippen LogP contribution in [0.2, 0.25) is 0 Å². The molecule has 21 heavy (non-hydrogen) atoms. The van der Waals surface area contributed by atoms with Crippen molar-refractivity contribution in [2.45, 2.75) is 13.0 Å². The minimum Gasteiger partial charge on any atom is -0.349 e. The average Bonchev–Trinajstić information content (AvgIpc) is 2.42. The lowest BCUT2D eigenvalue weighted by atomic mass is 10.1. The number of hydrogen-bond donors (Lipinski definition) is 1. The molecule has 0 aliphatic heterocycles. The van der Waals surface area contributed by atoms with Crippen molar-refractivity contribution in [3.05, 3.63) is 44.0 Å². The molecule has 0 saturated heterocycles. The number of nitrogens with zero attached hydrogens (tertiary/aromatic N) is 3. The number of nitro benzene ring substituents is 2. The second-order valence-corrected chi connectivity index (χ2v) is 4.54. The Morgan fingerprint density at radius 3 is 2.43 bits per heavy atom. The van der Waals surface area contributed by atoms with Crippen molar-refractivity contribution in [2.75, 3.05) is 20.6 Å². The molecule has 0 heterocycles. The van der Waals surface area contributed by atoms with Gasteiger partial charge in [0.1, 0.15) is 0 Å². The summed E-state index contributed by atoms with van der Waals surface area (Å²) in [5.74, 6) is -0.0549. The summed E-state index contributed by atoms with van der Waals surface area (Å²) >= 11 is 0. The summed E-state index contributed by atoms with van der Waals surface area (Å²) in [5.41, 5.74) is -0.299. The Hall–Kier alpha value is -2.55. The maximum absolute atomic E-state index is 11.4. The number of amides is 1. The van der Waals surface area contributed by atoms with E-state index in [1.165, 1.54) is 17.0 Å². The number of benzene rings is 1. The zero-order valence-corrected chi connectivity index (χ0v) is 11.7. The molecule has 1 N–H and O–H groups in total. The van der Waals surface area contributed by atoms with Crippen LogP contribution in [-0.2, 0) is 11.3 Å². The maximum Gasteiger partial charge on any atom is 0.280 e. The minimum atomic E-state index is -0.681. The Balaban J connectivity index is 2.68. The number of nitro groups is 2. The first-order chi connectivity index (χ1) is 9.82. The molecule has 0 fully saturated rings. The Labute approximate surface area is 120 Å². The normalized spacial score (nSPS) is 10.2. The highest BCUT2D eigenvalue weighted by Gasteiger charge is 2.18. The molecule has 9 heteroatoms.